The number of carbonyl (C=O) groups excluding carboxylic acids is 1. The summed E-state index contributed by atoms with van der Waals surface area (Å²) in [6.45, 7) is 4.53. The summed E-state index contributed by atoms with van der Waals surface area (Å²) in [5, 5.41) is 9.09. The quantitative estimate of drug-likeness (QED) is 0.762. The van der Waals surface area contributed by atoms with Crippen LogP contribution in [-0.2, 0) is 4.79 Å². The molecule has 0 aromatic heterocycles. The van der Waals surface area contributed by atoms with Crippen LogP contribution in [-0.4, -0.2) is 41.7 Å². The van der Waals surface area contributed by atoms with Crippen molar-refractivity contribution < 1.29 is 19.0 Å². The van der Waals surface area contributed by atoms with E-state index in [4.69, 9.17) is 9.84 Å². The second kappa shape index (κ2) is 9.34. The van der Waals surface area contributed by atoms with Gasteiger partial charge in [0.15, 0.2) is 0 Å². The largest absolute Gasteiger partial charge is 0.493 e. The number of carbonyl (C=O) groups is 1. The number of hydrogen-bond donors (Lipinski definition) is 1. The zero-order valence-electron chi connectivity index (χ0n) is 12.7. The Morgan fingerprint density at radius 2 is 2.10 bits per heavy atom. The van der Waals surface area contributed by atoms with Gasteiger partial charge in [-0.1, -0.05) is 19.9 Å². The van der Waals surface area contributed by atoms with Crippen LogP contribution in [0.1, 0.15) is 33.1 Å². The first-order valence-electron chi connectivity index (χ1n) is 7.41. The Labute approximate surface area is 125 Å². The minimum absolute atomic E-state index is 0.0471. The first-order chi connectivity index (χ1) is 10.1. The fourth-order valence-corrected chi connectivity index (χ4v) is 2.30. The van der Waals surface area contributed by atoms with Crippen molar-refractivity contribution in [2.45, 2.75) is 39.2 Å². The van der Waals surface area contributed by atoms with Crippen LogP contribution >= 0.6 is 0 Å². The van der Waals surface area contributed by atoms with E-state index >= 15 is 0 Å². The van der Waals surface area contributed by atoms with Crippen molar-refractivity contribution in [3.63, 3.8) is 0 Å². The van der Waals surface area contributed by atoms with Crippen LogP contribution in [0.2, 0.25) is 0 Å². The van der Waals surface area contributed by atoms with E-state index in [1.54, 1.807) is 17.0 Å². The molecule has 1 aromatic carbocycles. The third-order valence-electron chi connectivity index (χ3n) is 3.43. The molecule has 0 unspecified atom stereocenters. The molecule has 1 N–H and O–H groups in total. The molecular weight excluding hydrogens is 273 g/mol. The van der Waals surface area contributed by atoms with Gasteiger partial charge in [-0.05, 0) is 25.0 Å². The van der Waals surface area contributed by atoms with Gasteiger partial charge in [0.05, 0.1) is 19.6 Å². The molecule has 5 heteroatoms. The Bertz CT molecular complexity index is 435. The van der Waals surface area contributed by atoms with Gasteiger partial charge < -0.3 is 14.7 Å². The van der Waals surface area contributed by atoms with E-state index in [1.165, 1.54) is 12.1 Å². The molecule has 4 nitrogen and oxygen atoms in total. The minimum Gasteiger partial charge on any atom is -0.493 e. The van der Waals surface area contributed by atoms with Gasteiger partial charge in [0.25, 0.3) is 0 Å². The van der Waals surface area contributed by atoms with Crippen molar-refractivity contribution in [3.8, 4) is 5.75 Å². The minimum atomic E-state index is -0.363. The number of nitrogens with zero attached hydrogens (tertiary/aromatic N) is 1. The predicted octanol–water partition coefficient (Wildman–Crippen LogP) is 2.60. The molecule has 0 fully saturated rings. The molecule has 0 bridgehead atoms. The number of amides is 1. The summed E-state index contributed by atoms with van der Waals surface area (Å²) in [6.07, 6.45) is 1.92. The molecule has 0 radical (unpaired) electrons. The van der Waals surface area contributed by atoms with Crippen LogP contribution in [0.25, 0.3) is 0 Å². The van der Waals surface area contributed by atoms with Crippen LogP contribution < -0.4 is 4.74 Å². The van der Waals surface area contributed by atoms with E-state index in [1.807, 2.05) is 13.8 Å². The summed E-state index contributed by atoms with van der Waals surface area (Å²) in [4.78, 5) is 13.9. The highest BCUT2D eigenvalue weighted by Crippen LogP contribution is 2.13. The first-order valence-corrected chi connectivity index (χ1v) is 7.41. The normalized spacial score (nSPS) is 10.7. The molecule has 0 saturated heterocycles. The molecule has 0 heterocycles. The van der Waals surface area contributed by atoms with Gasteiger partial charge >= 0.3 is 0 Å². The van der Waals surface area contributed by atoms with E-state index in [0.717, 1.165) is 12.8 Å². The van der Waals surface area contributed by atoms with Gasteiger partial charge in [0, 0.05) is 18.7 Å². The Balaban J connectivity index is 2.49. The smallest absolute Gasteiger partial charge is 0.226 e. The molecule has 0 spiro atoms. The van der Waals surface area contributed by atoms with Crippen LogP contribution in [0.15, 0.2) is 24.3 Å². The lowest BCUT2D eigenvalue weighted by atomic mass is 10.1. The third-order valence-corrected chi connectivity index (χ3v) is 3.43. The van der Waals surface area contributed by atoms with E-state index < -0.39 is 0 Å². The summed E-state index contributed by atoms with van der Waals surface area (Å²) in [7, 11) is 0. The topological polar surface area (TPSA) is 49.8 Å². The summed E-state index contributed by atoms with van der Waals surface area (Å²) in [6, 6.07) is 5.98. The van der Waals surface area contributed by atoms with Crippen LogP contribution in [0.3, 0.4) is 0 Å². The van der Waals surface area contributed by atoms with E-state index in [9.17, 15) is 9.18 Å². The van der Waals surface area contributed by atoms with Crippen LogP contribution in [0, 0.1) is 5.82 Å². The molecule has 0 aliphatic carbocycles. The SMILES string of the molecule is CCC(CC)N(CCO)C(=O)CCOc1cccc(F)c1. The maximum atomic E-state index is 13.0. The molecule has 1 aromatic rings. The molecule has 118 valence electrons. The van der Waals surface area contributed by atoms with Crippen molar-refractivity contribution >= 4 is 5.91 Å². The molecule has 0 saturated carbocycles. The number of aliphatic hydroxyl groups is 1. The number of hydrogen-bond acceptors (Lipinski definition) is 3. The van der Waals surface area contributed by atoms with Crippen molar-refractivity contribution in [2.75, 3.05) is 19.8 Å². The lowest BCUT2D eigenvalue weighted by molar-refractivity contribution is -0.134. The van der Waals surface area contributed by atoms with Crippen molar-refractivity contribution in [2.24, 2.45) is 0 Å². The van der Waals surface area contributed by atoms with Gasteiger partial charge in [-0.25, -0.2) is 4.39 Å². The fourth-order valence-electron chi connectivity index (χ4n) is 2.30. The second-order valence-electron chi connectivity index (χ2n) is 4.84. The van der Waals surface area contributed by atoms with E-state index in [-0.39, 0.29) is 37.4 Å². The summed E-state index contributed by atoms with van der Waals surface area (Å²) < 4.78 is 18.4. The zero-order valence-corrected chi connectivity index (χ0v) is 12.7. The number of rotatable bonds is 9. The fraction of sp³-hybridized carbons (Fsp3) is 0.562. The summed E-state index contributed by atoms with van der Waals surface area (Å²) in [5.41, 5.74) is 0. The Kier molecular flexibility index (Phi) is 7.75. The number of ether oxygens (including phenoxy) is 1. The van der Waals surface area contributed by atoms with E-state index in [2.05, 4.69) is 0 Å². The zero-order chi connectivity index (χ0) is 15.7. The number of benzene rings is 1. The molecule has 0 aliphatic rings. The third kappa shape index (κ3) is 5.71. The maximum Gasteiger partial charge on any atom is 0.226 e. The maximum absolute atomic E-state index is 13.0. The van der Waals surface area contributed by atoms with E-state index in [0.29, 0.717) is 12.3 Å². The molecule has 1 amide bonds. The Morgan fingerprint density at radius 1 is 1.38 bits per heavy atom. The Hall–Kier alpha value is -1.62. The van der Waals surface area contributed by atoms with Crippen LogP contribution in [0.5, 0.6) is 5.75 Å². The molecule has 0 atom stereocenters. The highest BCUT2D eigenvalue weighted by Gasteiger charge is 2.20. The monoisotopic (exact) mass is 297 g/mol. The van der Waals surface area contributed by atoms with Crippen molar-refractivity contribution in [3.05, 3.63) is 30.1 Å². The van der Waals surface area contributed by atoms with Gasteiger partial charge in [0.2, 0.25) is 5.91 Å². The summed E-state index contributed by atoms with van der Waals surface area (Å²) >= 11 is 0. The highest BCUT2D eigenvalue weighted by atomic mass is 19.1. The average molecular weight is 297 g/mol. The van der Waals surface area contributed by atoms with Gasteiger partial charge in [-0.15, -0.1) is 0 Å². The molecule has 1 rings (SSSR count). The van der Waals surface area contributed by atoms with Gasteiger partial charge in [-0.3, -0.25) is 4.79 Å². The standard InChI is InChI=1S/C16H24FNO3/c1-3-14(4-2)18(9-10-19)16(20)8-11-21-15-7-5-6-13(17)12-15/h5-7,12,14,19H,3-4,8-11H2,1-2H3. The van der Waals surface area contributed by atoms with Gasteiger partial charge in [-0.2, -0.15) is 0 Å². The highest BCUT2D eigenvalue weighted by molar-refractivity contribution is 5.76. The van der Waals surface area contributed by atoms with Gasteiger partial charge in [0.1, 0.15) is 11.6 Å². The van der Waals surface area contributed by atoms with Crippen LogP contribution in [0.4, 0.5) is 4.39 Å². The van der Waals surface area contributed by atoms with Crippen molar-refractivity contribution in [1.29, 1.82) is 0 Å². The summed E-state index contributed by atoms with van der Waals surface area (Å²) in [5.74, 6) is 0.00552. The number of halogens is 1. The first kappa shape index (κ1) is 17.4. The second-order valence-corrected chi connectivity index (χ2v) is 4.84. The number of aliphatic hydroxyl groups excluding tert-OH is 1. The average Bonchev–Trinajstić information content (AvgIpc) is 2.47. The molecular formula is C16H24FNO3. The van der Waals surface area contributed by atoms with Crippen molar-refractivity contribution in [1.82, 2.24) is 4.90 Å². The lowest BCUT2D eigenvalue weighted by Crippen LogP contribution is -2.42. The molecule has 21 heavy (non-hydrogen) atoms. The molecule has 0 aliphatic heterocycles. The lowest BCUT2D eigenvalue weighted by Gasteiger charge is -2.30. The predicted molar refractivity (Wildman–Crippen MR) is 79.7 cm³/mol. The Morgan fingerprint density at radius 3 is 2.67 bits per heavy atom.